The number of anilines is 1. The molecular weight excluding hydrogens is 361 g/mol. The number of rotatable bonds is 5. The second-order valence-electron chi connectivity index (χ2n) is 6.59. The number of benzene rings is 2. The van der Waals surface area contributed by atoms with Gasteiger partial charge in [0.25, 0.3) is 0 Å². The van der Waals surface area contributed by atoms with Gasteiger partial charge in [0.15, 0.2) is 5.13 Å². The van der Waals surface area contributed by atoms with Crippen LogP contribution < -0.4 is 5.32 Å². The van der Waals surface area contributed by atoms with Crippen molar-refractivity contribution in [1.29, 1.82) is 0 Å². The molecule has 138 valence electrons. The number of hydrogen-bond donors (Lipinski definition) is 1. The number of hydrogen-bond acceptors (Lipinski definition) is 4. The minimum Gasteiger partial charge on any atom is -0.300 e. The number of nitrogens with zero attached hydrogens (tertiary/aromatic N) is 2. The molecule has 2 aromatic carbocycles. The third-order valence-electron chi connectivity index (χ3n) is 4.74. The third kappa shape index (κ3) is 4.07. The lowest BCUT2D eigenvalue weighted by Gasteiger charge is -2.26. The summed E-state index contributed by atoms with van der Waals surface area (Å²) in [6.07, 6.45) is 2.23. The molecule has 1 aromatic heterocycles. The van der Waals surface area contributed by atoms with Crippen LogP contribution in [-0.2, 0) is 4.79 Å². The zero-order chi connectivity index (χ0) is 18.6. The largest absolute Gasteiger partial charge is 0.300 e. The van der Waals surface area contributed by atoms with E-state index in [0.29, 0.717) is 5.13 Å². The SMILES string of the molecule is O=C(Nc1nc(-c2ccc(F)cc2)cs1)C(c1ccccc1)N1CCCC1. The van der Waals surface area contributed by atoms with E-state index in [4.69, 9.17) is 0 Å². The Morgan fingerprint density at radius 2 is 1.78 bits per heavy atom. The topological polar surface area (TPSA) is 45.2 Å². The summed E-state index contributed by atoms with van der Waals surface area (Å²) in [5, 5.41) is 5.40. The van der Waals surface area contributed by atoms with Crippen molar-refractivity contribution in [3.05, 3.63) is 71.4 Å². The first kappa shape index (κ1) is 17.8. The van der Waals surface area contributed by atoms with Crippen LogP contribution in [0, 0.1) is 5.82 Å². The smallest absolute Gasteiger partial charge is 0.248 e. The van der Waals surface area contributed by atoms with Crippen molar-refractivity contribution in [3.8, 4) is 11.3 Å². The summed E-state index contributed by atoms with van der Waals surface area (Å²) in [5.41, 5.74) is 2.55. The number of thiazole rings is 1. The van der Waals surface area contributed by atoms with Gasteiger partial charge in [-0.2, -0.15) is 0 Å². The molecule has 1 fully saturated rings. The van der Waals surface area contributed by atoms with Crippen LogP contribution in [0.5, 0.6) is 0 Å². The third-order valence-corrected chi connectivity index (χ3v) is 5.50. The van der Waals surface area contributed by atoms with Gasteiger partial charge in [-0.1, -0.05) is 30.3 Å². The molecule has 4 rings (SSSR count). The summed E-state index contributed by atoms with van der Waals surface area (Å²) in [6.45, 7) is 1.84. The van der Waals surface area contributed by atoms with Crippen molar-refractivity contribution < 1.29 is 9.18 Å². The number of likely N-dealkylation sites (tertiary alicyclic amines) is 1. The lowest BCUT2D eigenvalue weighted by Crippen LogP contribution is -2.35. The minimum absolute atomic E-state index is 0.0666. The van der Waals surface area contributed by atoms with Gasteiger partial charge in [-0.3, -0.25) is 9.69 Å². The molecule has 1 aliphatic rings. The average Bonchev–Trinajstić information content (AvgIpc) is 3.36. The Morgan fingerprint density at radius 3 is 2.48 bits per heavy atom. The highest BCUT2D eigenvalue weighted by Gasteiger charge is 2.30. The number of carbonyl (C=O) groups is 1. The first-order chi connectivity index (χ1) is 13.2. The molecular formula is C21H20FN3OS. The Bertz CT molecular complexity index is 905. The van der Waals surface area contributed by atoms with Crippen molar-refractivity contribution in [2.75, 3.05) is 18.4 Å². The van der Waals surface area contributed by atoms with Gasteiger partial charge in [0.05, 0.1) is 5.69 Å². The molecule has 1 aliphatic heterocycles. The van der Waals surface area contributed by atoms with Crippen LogP contribution >= 0.6 is 11.3 Å². The quantitative estimate of drug-likeness (QED) is 0.695. The summed E-state index contributed by atoms with van der Waals surface area (Å²) in [5.74, 6) is -0.345. The first-order valence-electron chi connectivity index (χ1n) is 9.02. The number of aromatic nitrogens is 1. The number of amides is 1. The molecule has 6 heteroatoms. The van der Waals surface area contributed by atoms with Gasteiger partial charge < -0.3 is 5.32 Å². The highest BCUT2D eigenvalue weighted by molar-refractivity contribution is 7.14. The molecule has 0 bridgehead atoms. The van der Waals surface area contributed by atoms with Gasteiger partial charge in [-0.25, -0.2) is 9.37 Å². The Morgan fingerprint density at radius 1 is 1.07 bits per heavy atom. The van der Waals surface area contributed by atoms with Gasteiger partial charge in [0.1, 0.15) is 11.9 Å². The molecule has 0 saturated carbocycles. The first-order valence-corrected chi connectivity index (χ1v) is 9.90. The second kappa shape index (κ2) is 7.98. The van der Waals surface area contributed by atoms with Crippen LogP contribution in [0.2, 0.25) is 0 Å². The molecule has 1 unspecified atom stereocenters. The molecule has 1 N–H and O–H groups in total. The fourth-order valence-corrected chi connectivity index (χ4v) is 4.14. The van der Waals surface area contributed by atoms with Gasteiger partial charge in [0, 0.05) is 10.9 Å². The summed E-state index contributed by atoms with van der Waals surface area (Å²) in [4.78, 5) is 19.8. The van der Waals surface area contributed by atoms with E-state index in [-0.39, 0.29) is 17.8 Å². The maximum Gasteiger partial charge on any atom is 0.248 e. The van der Waals surface area contributed by atoms with E-state index in [1.165, 1.54) is 23.5 Å². The van der Waals surface area contributed by atoms with Gasteiger partial charge >= 0.3 is 0 Å². The summed E-state index contributed by atoms with van der Waals surface area (Å²) < 4.78 is 13.1. The highest BCUT2D eigenvalue weighted by atomic mass is 32.1. The van der Waals surface area contributed by atoms with Crippen LogP contribution in [0.15, 0.2) is 60.0 Å². The fraction of sp³-hybridized carbons (Fsp3) is 0.238. The summed E-state index contributed by atoms with van der Waals surface area (Å²) in [7, 11) is 0. The standard InChI is InChI=1S/C21H20FN3OS/c22-17-10-8-15(9-11-17)18-14-27-21(23-18)24-20(26)19(25-12-4-5-13-25)16-6-2-1-3-7-16/h1-3,6-11,14,19H,4-5,12-13H2,(H,23,24,26). The monoisotopic (exact) mass is 381 g/mol. The Kier molecular flexibility index (Phi) is 5.27. The maximum absolute atomic E-state index is 13.1. The van der Waals surface area contributed by atoms with E-state index in [1.807, 2.05) is 35.7 Å². The van der Waals surface area contributed by atoms with Crippen LogP contribution in [-0.4, -0.2) is 28.9 Å². The number of halogens is 1. The minimum atomic E-state index is -0.313. The zero-order valence-electron chi connectivity index (χ0n) is 14.8. The van der Waals surface area contributed by atoms with E-state index in [9.17, 15) is 9.18 Å². The molecule has 2 heterocycles. The number of nitrogens with one attached hydrogen (secondary N) is 1. The van der Waals surface area contributed by atoms with Crippen LogP contribution in [0.1, 0.15) is 24.4 Å². The molecule has 1 amide bonds. The molecule has 27 heavy (non-hydrogen) atoms. The Labute approximate surface area is 161 Å². The lowest BCUT2D eigenvalue weighted by atomic mass is 10.0. The lowest BCUT2D eigenvalue weighted by molar-refractivity contribution is -0.121. The van der Waals surface area contributed by atoms with E-state index in [1.54, 1.807) is 12.1 Å². The van der Waals surface area contributed by atoms with E-state index in [2.05, 4.69) is 15.2 Å². The van der Waals surface area contributed by atoms with Gasteiger partial charge in [0.2, 0.25) is 5.91 Å². The van der Waals surface area contributed by atoms with Crippen LogP contribution in [0.3, 0.4) is 0 Å². The normalized spacial score (nSPS) is 15.6. The van der Waals surface area contributed by atoms with Gasteiger partial charge in [-0.15, -0.1) is 11.3 Å². The second-order valence-corrected chi connectivity index (χ2v) is 7.45. The molecule has 1 atom stereocenters. The Balaban J connectivity index is 1.53. The molecule has 0 spiro atoms. The van der Waals surface area contributed by atoms with E-state index < -0.39 is 0 Å². The molecule has 0 radical (unpaired) electrons. The highest BCUT2D eigenvalue weighted by Crippen LogP contribution is 2.29. The summed E-state index contributed by atoms with van der Waals surface area (Å²) in [6, 6.07) is 15.7. The number of carbonyl (C=O) groups excluding carboxylic acids is 1. The molecule has 0 aliphatic carbocycles. The van der Waals surface area contributed by atoms with Crippen LogP contribution in [0.25, 0.3) is 11.3 Å². The predicted octanol–water partition coefficient (Wildman–Crippen LogP) is 4.72. The molecule has 3 aromatic rings. The summed E-state index contributed by atoms with van der Waals surface area (Å²) >= 11 is 1.38. The fourth-order valence-electron chi connectivity index (χ4n) is 3.42. The molecule has 4 nitrogen and oxygen atoms in total. The van der Waals surface area contributed by atoms with E-state index in [0.717, 1.165) is 42.8 Å². The molecule has 1 saturated heterocycles. The van der Waals surface area contributed by atoms with Crippen LogP contribution in [0.4, 0.5) is 9.52 Å². The van der Waals surface area contributed by atoms with Crippen molar-refractivity contribution in [2.24, 2.45) is 0 Å². The maximum atomic E-state index is 13.1. The average molecular weight is 381 g/mol. The van der Waals surface area contributed by atoms with Crippen molar-refractivity contribution >= 4 is 22.4 Å². The predicted molar refractivity (Wildman–Crippen MR) is 106 cm³/mol. The van der Waals surface area contributed by atoms with Gasteiger partial charge in [-0.05, 0) is 55.8 Å². The zero-order valence-corrected chi connectivity index (χ0v) is 15.6. The van der Waals surface area contributed by atoms with Crippen molar-refractivity contribution in [1.82, 2.24) is 9.88 Å². The van der Waals surface area contributed by atoms with Crippen molar-refractivity contribution in [2.45, 2.75) is 18.9 Å². The van der Waals surface area contributed by atoms with Crippen molar-refractivity contribution in [3.63, 3.8) is 0 Å². The van der Waals surface area contributed by atoms with E-state index >= 15 is 0 Å². The Hall–Kier alpha value is -2.57.